The number of carbonyl (C=O) groups excluding carboxylic acids is 1. The quantitative estimate of drug-likeness (QED) is 0.636. The Morgan fingerprint density at radius 1 is 1.25 bits per heavy atom. The van der Waals surface area contributed by atoms with E-state index in [0.717, 1.165) is 29.8 Å². The number of benzene rings is 1. The van der Waals surface area contributed by atoms with E-state index in [9.17, 15) is 4.79 Å². The van der Waals surface area contributed by atoms with Gasteiger partial charge in [-0.05, 0) is 67.1 Å². The molecule has 0 unspecified atom stereocenters. The van der Waals surface area contributed by atoms with Crippen LogP contribution in [0.25, 0.3) is 11.3 Å². The summed E-state index contributed by atoms with van der Waals surface area (Å²) in [6.07, 6.45) is 4.54. The third-order valence-corrected chi connectivity index (χ3v) is 6.51. The first kappa shape index (κ1) is 18.7. The van der Waals surface area contributed by atoms with Gasteiger partial charge >= 0.3 is 0 Å². The van der Waals surface area contributed by atoms with Crippen molar-refractivity contribution in [2.45, 2.75) is 45.2 Å². The van der Waals surface area contributed by atoms with Crippen molar-refractivity contribution in [1.29, 1.82) is 0 Å². The summed E-state index contributed by atoms with van der Waals surface area (Å²) >= 11 is 1.72. The number of carbonyl (C=O) groups is 1. The number of H-pyrrole nitrogens is 1. The first-order valence-corrected chi connectivity index (χ1v) is 10.6. The predicted octanol–water partition coefficient (Wildman–Crippen LogP) is 5.04. The molecule has 5 nitrogen and oxygen atoms in total. The number of nitrogens with zero attached hydrogens (tertiary/aromatic N) is 2. The fourth-order valence-electron chi connectivity index (χ4n) is 3.80. The third kappa shape index (κ3) is 3.83. The maximum atomic E-state index is 13.4. The van der Waals surface area contributed by atoms with Gasteiger partial charge in [0, 0.05) is 16.5 Å². The van der Waals surface area contributed by atoms with Crippen molar-refractivity contribution in [1.82, 2.24) is 15.1 Å². The smallest absolute Gasteiger partial charge is 0.272 e. The predicted molar refractivity (Wildman–Crippen MR) is 112 cm³/mol. The number of nitrogens with one attached hydrogen (secondary N) is 1. The number of aromatic nitrogens is 2. The first-order valence-electron chi connectivity index (χ1n) is 9.69. The van der Waals surface area contributed by atoms with E-state index in [0.29, 0.717) is 18.3 Å². The lowest BCUT2D eigenvalue weighted by molar-refractivity contribution is 0.0660. The van der Waals surface area contributed by atoms with E-state index in [-0.39, 0.29) is 5.91 Å². The maximum absolute atomic E-state index is 13.4. The molecule has 2 heterocycles. The average molecular weight is 396 g/mol. The zero-order chi connectivity index (χ0) is 19.5. The van der Waals surface area contributed by atoms with E-state index in [4.69, 9.17) is 4.74 Å². The molecule has 1 amide bonds. The maximum Gasteiger partial charge on any atom is 0.272 e. The Morgan fingerprint density at radius 3 is 2.64 bits per heavy atom. The van der Waals surface area contributed by atoms with Crippen LogP contribution in [0, 0.1) is 6.92 Å². The summed E-state index contributed by atoms with van der Waals surface area (Å²) in [5, 5.41) is 9.43. The van der Waals surface area contributed by atoms with Gasteiger partial charge in [-0.25, -0.2) is 0 Å². The molecule has 1 N–H and O–H groups in total. The number of hydrogen-bond donors (Lipinski definition) is 1. The van der Waals surface area contributed by atoms with Gasteiger partial charge < -0.3 is 9.64 Å². The van der Waals surface area contributed by atoms with Gasteiger partial charge in [-0.2, -0.15) is 5.10 Å². The van der Waals surface area contributed by atoms with Crippen LogP contribution in [0.5, 0.6) is 5.75 Å². The van der Waals surface area contributed by atoms with E-state index in [1.165, 1.54) is 23.3 Å². The number of ether oxygens (including phenoxy) is 1. The molecule has 1 aliphatic carbocycles. The Labute approximate surface area is 169 Å². The summed E-state index contributed by atoms with van der Waals surface area (Å²) in [5.74, 6) is 0.835. The van der Waals surface area contributed by atoms with E-state index in [1.807, 2.05) is 35.2 Å². The number of aryl methyl sites for hydroxylation is 1. The third-order valence-electron chi connectivity index (χ3n) is 5.50. The largest absolute Gasteiger partial charge is 0.497 e. The fraction of sp³-hybridized carbons (Fsp3) is 0.364. The summed E-state index contributed by atoms with van der Waals surface area (Å²) in [7, 11) is 1.65. The minimum absolute atomic E-state index is 0.0342. The van der Waals surface area contributed by atoms with Crippen LogP contribution in [0.1, 0.15) is 46.6 Å². The monoisotopic (exact) mass is 395 g/mol. The van der Waals surface area contributed by atoms with E-state index >= 15 is 0 Å². The molecule has 0 aliphatic heterocycles. The number of hydrogen-bond acceptors (Lipinski definition) is 4. The second kappa shape index (κ2) is 8.19. The molecule has 0 radical (unpaired) electrons. The second-order valence-electron chi connectivity index (χ2n) is 7.29. The molecule has 2 aromatic heterocycles. The highest BCUT2D eigenvalue weighted by molar-refractivity contribution is 7.10. The molecule has 0 bridgehead atoms. The van der Waals surface area contributed by atoms with Crippen molar-refractivity contribution in [3.63, 3.8) is 0 Å². The van der Waals surface area contributed by atoms with Crippen molar-refractivity contribution >= 4 is 17.2 Å². The number of rotatable bonds is 6. The molecule has 0 spiro atoms. The summed E-state index contributed by atoms with van der Waals surface area (Å²) in [5.41, 5.74) is 3.53. The summed E-state index contributed by atoms with van der Waals surface area (Å²) < 4.78 is 5.21. The van der Waals surface area contributed by atoms with Crippen molar-refractivity contribution in [3.05, 3.63) is 57.9 Å². The van der Waals surface area contributed by atoms with Crippen LogP contribution in [0.2, 0.25) is 0 Å². The molecule has 4 rings (SSSR count). The molecule has 28 heavy (non-hydrogen) atoms. The molecule has 0 atom stereocenters. The Kier molecular flexibility index (Phi) is 5.48. The highest BCUT2D eigenvalue weighted by Crippen LogP contribution is 2.29. The van der Waals surface area contributed by atoms with Crippen LogP contribution in [-0.4, -0.2) is 34.2 Å². The van der Waals surface area contributed by atoms with Gasteiger partial charge in [0.05, 0.1) is 19.3 Å². The fourth-order valence-corrected chi connectivity index (χ4v) is 4.70. The van der Waals surface area contributed by atoms with Crippen LogP contribution in [0.15, 0.2) is 41.8 Å². The highest BCUT2D eigenvalue weighted by atomic mass is 32.1. The van der Waals surface area contributed by atoms with Gasteiger partial charge in [-0.3, -0.25) is 9.89 Å². The molecule has 1 aliphatic rings. The zero-order valence-corrected chi connectivity index (χ0v) is 17.1. The van der Waals surface area contributed by atoms with Crippen molar-refractivity contribution in [3.8, 4) is 17.0 Å². The first-order chi connectivity index (χ1) is 13.7. The van der Waals surface area contributed by atoms with Crippen molar-refractivity contribution in [2.75, 3.05) is 7.11 Å². The number of aromatic amines is 1. The number of amides is 1. The minimum Gasteiger partial charge on any atom is -0.497 e. The van der Waals surface area contributed by atoms with Gasteiger partial charge in [-0.1, -0.05) is 12.8 Å². The summed E-state index contributed by atoms with van der Waals surface area (Å²) in [6.45, 7) is 2.78. The van der Waals surface area contributed by atoms with Crippen LogP contribution in [-0.2, 0) is 6.54 Å². The molecule has 1 saturated carbocycles. The Balaban J connectivity index is 1.57. The highest BCUT2D eigenvalue weighted by Gasteiger charge is 2.29. The van der Waals surface area contributed by atoms with Crippen LogP contribution in [0.4, 0.5) is 0 Å². The number of thiophene rings is 1. The normalized spacial score (nSPS) is 14.4. The van der Waals surface area contributed by atoms with Crippen molar-refractivity contribution in [2.24, 2.45) is 0 Å². The molecular formula is C22H25N3O2S. The number of methoxy groups -OCH3 is 1. The molecule has 0 saturated heterocycles. The van der Waals surface area contributed by atoms with Crippen LogP contribution >= 0.6 is 11.3 Å². The second-order valence-corrected chi connectivity index (χ2v) is 8.29. The lowest BCUT2D eigenvalue weighted by atomic mass is 10.1. The average Bonchev–Trinajstić information content (AvgIpc) is 3.48. The topological polar surface area (TPSA) is 58.2 Å². The molecule has 1 aromatic carbocycles. The van der Waals surface area contributed by atoms with Gasteiger partial charge in [0.15, 0.2) is 0 Å². The standard InChI is InChI=1S/C22H25N3O2S/c1-15-11-12-28-21(15)14-25(17-5-3-4-6-17)22(26)20-13-19(23-24-20)16-7-9-18(27-2)10-8-16/h7-13,17H,3-6,14H2,1-2H3,(H,23,24). The van der Waals surface area contributed by atoms with Gasteiger partial charge in [-0.15, -0.1) is 11.3 Å². The Hall–Kier alpha value is -2.60. The van der Waals surface area contributed by atoms with Gasteiger partial charge in [0.1, 0.15) is 11.4 Å². The van der Waals surface area contributed by atoms with E-state index in [1.54, 1.807) is 18.4 Å². The molecule has 6 heteroatoms. The van der Waals surface area contributed by atoms with Crippen LogP contribution < -0.4 is 4.74 Å². The lowest BCUT2D eigenvalue weighted by Crippen LogP contribution is -2.38. The SMILES string of the molecule is COc1ccc(-c2cc(C(=O)N(Cc3sccc3C)C3CCCC3)[nH]n2)cc1. The Bertz CT molecular complexity index is 939. The zero-order valence-electron chi connectivity index (χ0n) is 16.3. The Morgan fingerprint density at radius 2 is 2.00 bits per heavy atom. The summed E-state index contributed by atoms with van der Waals surface area (Å²) in [6, 6.07) is 12.0. The molecule has 1 fully saturated rings. The summed E-state index contributed by atoms with van der Waals surface area (Å²) in [4.78, 5) is 16.7. The molecule has 3 aromatic rings. The van der Waals surface area contributed by atoms with Gasteiger partial charge in [0.2, 0.25) is 0 Å². The molecule has 146 valence electrons. The van der Waals surface area contributed by atoms with Crippen molar-refractivity contribution < 1.29 is 9.53 Å². The van der Waals surface area contributed by atoms with Crippen LogP contribution in [0.3, 0.4) is 0 Å². The van der Waals surface area contributed by atoms with E-state index in [2.05, 4.69) is 28.6 Å². The molecular weight excluding hydrogens is 370 g/mol. The van der Waals surface area contributed by atoms with Gasteiger partial charge in [0.25, 0.3) is 5.91 Å². The lowest BCUT2D eigenvalue weighted by Gasteiger charge is -2.28. The van der Waals surface area contributed by atoms with E-state index < -0.39 is 0 Å². The minimum atomic E-state index is 0.0342.